The monoisotopic (exact) mass is 349 g/mol. The molecule has 1 saturated carbocycles. The molecule has 1 fully saturated rings. The van der Waals surface area contributed by atoms with Crippen molar-refractivity contribution in [3.8, 4) is 0 Å². The molecule has 1 aromatic heterocycles. The summed E-state index contributed by atoms with van der Waals surface area (Å²) in [6.07, 6.45) is 7.34. The molecule has 0 spiro atoms. The summed E-state index contributed by atoms with van der Waals surface area (Å²) >= 11 is 3.43. The van der Waals surface area contributed by atoms with Crippen LogP contribution in [0.15, 0.2) is 33.3 Å². The van der Waals surface area contributed by atoms with Gasteiger partial charge in [0.2, 0.25) is 5.89 Å². The molecule has 0 atom stereocenters. The highest BCUT2D eigenvalue weighted by molar-refractivity contribution is 9.10. The highest BCUT2D eigenvalue weighted by Crippen LogP contribution is 2.32. The Kier molecular flexibility index (Phi) is 4.40. The van der Waals surface area contributed by atoms with E-state index in [-0.39, 0.29) is 0 Å². The average molecular weight is 350 g/mol. The zero-order valence-electron chi connectivity index (χ0n) is 12.0. The van der Waals surface area contributed by atoms with Crippen LogP contribution in [0.2, 0.25) is 0 Å². The van der Waals surface area contributed by atoms with Crippen LogP contribution in [0.3, 0.4) is 0 Å². The molecule has 21 heavy (non-hydrogen) atoms. The van der Waals surface area contributed by atoms with E-state index in [0.29, 0.717) is 18.1 Å². The highest BCUT2D eigenvalue weighted by atomic mass is 79.9. The lowest BCUT2D eigenvalue weighted by molar-refractivity contribution is 0.326. The van der Waals surface area contributed by atoms with Crippen LogP contribution >= 0.6 is 15.9 Å². The molecule has 0 saturated heterocycles. The summed E-state index contributed by atoms with van der Waals surface area (Å²) in [7, 11) is 0. The van der Waals surface area contributed by atoms with E-state index in [9.17, 15) is 0 Å². The standard InChI is InChI=1S/C16H20BrN3O/c17-13-7-5-12(6-8-13)11-14-19-15(20-21-14)16(18)9-3-1-2-4-10-16/h5-8H,1-4,9-11,18H2. The molecule has 0 unspecified atom stereocenters. The van der Waals surface area contributed by atoms with E-state index in [4.69, 9.17) is 10.3 Å². The average Bonchev–Trinajstić information content (AvgIpc) is 2.84. The maximum atomic E-state index is 6.52. The molecular formula is C16H20BrN3O. The molecule has 0 amide bonds. The predicted molar refractivity (Wildman–Crippen MR) is 84.8 cm³/mol. The van der Waals surface area contributed by atoms with Crippen molar-refractivity contribution in [2.24, 2.45) is 5.73 Å². The molecule has 112 valence electrons. The van der Waals surface area contributed by atoms with Crippen molar-refractivity contribution in [3.63, 3.8) is 0 Å². The van der Waals surface area contributed by atoms with Gasteiger partial charge < -0.3 is 10.3 Å². The van der Waals surface area contributed by atoms with E-state index in [0.717, 1.165) is 35.7 Å². The topological polar surface area (TPSA) is 64.9 Å². The van der Waals surface area contributed by atoms with Gasteiger partial charge in [-0.1, -0.05) is 58.9 Å². The zero-order valence-corrected chi connectivity index (χ0v) is 13.6. The minimum absolute atomic E-state index is 0.405. The van der Waals surface area contributed by atoms with Crippen molar-refractivity contribution < 1.29 is 4.52 Å². The van der Waals surface area contributed by atoms with Gasteiger partial charge in [0, 0.05) is 4.47 Å². The van der Waals surface area contributed by atoms with Gasteiger partial charge in [-0.2, -0.15) is 4.98 Å². The van der Waals surface area contributed by atoms with Gasteiger partial charge in [-0.15, -0.1) is 0 Å². The molecule has 1 heterocycles. The van der Waals surface area contributed by atoms with Crippen LogP contribution in [0.5, 0.6) is 0 Å². The zero-order chi connectivity index (χ0) is 14.7. The largest absolute Gasteiger partial charge is 0.339 e. The molecule has 5 heteroatoms. The van der Waals surface area contributed by atoms with Crippen LogP contribution in [0.25, 0.3) is 0 Å². The fourth-order valence-electron chi connectivity index (χ4n) is 2.89. The highest BCUT2D eigenvalue weighted by Gasteiger charge is 2.33. The normalized spacial score (nSPS) is 18.4. The van der Waals surface area contributed by atoms with Crippen LogP contribution in [0.4, 0.5) is 0 Å². The number of hydrogen-bond donors (Lipinski definition) is 1. The second-order valence-corrected chi connectivity index (χ2v) is 6.80. The Balaban J connectivity index is 1.74. The Morgan fingerprint density at radius 2 is 1.76 bits per heavy atom. The number of nitrogens with two attached hydrogens (primary N) is 1. The molecule has 1 aliphatic carbocycles. The third-order valence-electron chi connectivity index (χ3n) is 4.18. The van der Waals surface area contributed by atoms with E-state index in [1.165, 1.54) is 12.8 Å². The lowest BCUT2D eigenvalue weighted by Gasteiger charge is -2.23. The Hall–Kier alpha value is -1.20. The first-order valence-electron chi connectivity index (χ1n) is 7.52. The Morgan fingerprint density at radius 1 is 1.10 bits per heavy atom. The number of aromatic nitrogens is 2. The summed E-state index contributed by atoms with van der Waals surface area (Å²) in [5, 5.41) is 4.15. The molecular weight excluding hydrogens is 330 g/mol. The fourth-order valence-corrected chi connectivity index (χ4v) is 3.15. The van der Waals surface area contributed by atoms with Gasteiger partial charge in [0.15, 0.2) is 5.82 Å². The van der Waals surface area contributed by atoms with Gasteiger partial charge in [0.25, 0.3) is 0 Å². The fraction of sp³-hybridized carbons (Fsp3) is 0.500. The van der Waals surface area contributed by atoms with E-state index < -0.39 is 5.54 Å². The van der Waals surface area contributed by atoms with Crippen LogP contribution in [-0.2, 0) is 12.0 Å². The van der Waals surface area contributed by atoms with Gasteiger partial charge >= 0.3 is 0 Å². The SMILES string of the molecule is NC1(c2noc(Cc3ccc(Br)cc3)n2)CCCCCC1. The van der Waals surface area contributed by atoms with Gasteiger partial charge in [0.1, 0.15) is 0 Å². The number of rotatable bonds is 3. The van der Waals surface area contributed by atoms with Crippen molar-refractivity contribution in [1.29, 1.82) is 0 Å². The maximum absolute atomic E-state index is 6.52. The Bertz CT molecular complexity index is 586. The minimum atomic E-state index is -0.405. The molecule has 4 nitrogen and oxygen atoms in total. The first-order chi connectivity index (χ1) is 10.2. The van der Waals surface area contributed by atoms with Crippen molar-refractivity contribution >= 4 is 15.9 Å². The lowest BCUT2D eigenvalue weighted by atomic mass is 9.91. The molecule has 2 aromatic rings. The lowest BCUT2D eigenvalue weighted by Crippen LogP contribution is -2.37. The molecule has 1 aromatic carbocycles. The van der Waals surface area contributed by atoms with Gasteiger partial charge in [0.05, 0.1) is 12.0 Å². The maximum Gasteiger partial charge on any atom is 0.231 e. The number of nitrogens with zero attached hydrogens (tertiary/aromatic N) is 2. The van der Waals surface area contributed by atoms with Gasteiger partial charge in [-0.25, -0.2) is 0 Å². The predicted octanol–water partition coefficient (Wildman–Crippen LogP) is 3.93. The summed E-state index contributed by atoms with van der Waals surface area (Å²) in [4.78, 5) is 4.55. The number of hydrogen-bond acceptors (Lipinski definition) is 4. The first-order valence-corrected chi connectivity index (χ1v) is 8.31. The van der Waals surface area contributed by atoms with Crippen LogP contribution in [-0.4, -0.2) is 10.1 Å². The molecule has 3 rings (SSSR count). The second-order valence-electron chi connectivity index (χ2n) is 5.89. The molecule has 0 bridgehead atoms. The molecule has 0 aliphatic heterocycles. The molecule has 0 radical (unpaired) electrons. The third kappa shape index (κ3) is 3.52. The Morgan fingerprint density at radius 3 is 2.43 bits per heavy atom. The van der Waals surface area contributed by atoms with E-state index in [1.54, 1.807) is 0 Å². The number of halogens is 1. The quantitative estimate of drug-likeness (QED) is 0.852. The van der Waals surface area contributed by atoms with Gasteiger partial charge in [-0.3, -0.25) is 0 Å². The minimum Gasteiger partial charge on any atom is -0.339 e. The Labute approximate surface area is 133 Å². The summed E-state index contributed by atoms with van der Waals surface area (Å²) in [6.45, 7) is 0. The van der Waals surface area contributed by atoms with Crippen LogP contribution in [0, 0.1) is 0 Å². The van der Waals surface area contributed by atoms with Crippen molar-refractivity contribution in [2.75, 3.05) is 0 Å². The van der Waals surface area contributed by atoms with E-state index >= 15 is 0 Å². The van der Waals surface area contributed by atoms with Crippen molar-refractivity contribution in [2.45, 2.75) is 50.5 Å². The summed E-state index contributed by atoms with van der Waals surface area (Å²) in [6, 6.07) is 8.14. The third-order valence-corrected chi connectivity index (χ3v) is 4.71. The van der Waals surface area contributed by atoms with Gasteiger partial charge in [-0.05, 0) is 30.5 Å². The van der Waals surface area contributed by atoms with Crippen molar-refractivity contribution in [1.82, 2.24) is 10.1 Å². The summed E-state index contributed by atoms with van der Waals surface area (Å²) < 4.78 is 6.47. The molecule has 2 N–H and O–H groups in total. The second kappa shape index (κ2) is 6.28. The first kappa shape index (κ1) is 14.7. The molecule has 1 aliphatic rings. The smallest absolute Gasteiger partial charge is 0.231 e. The van der Waals surface area contributed by atoms with Crippen LogP contribution < -0.4 is 5.73 Å². The van der Waals surface area contributed by atoms with E-state index in [1.807, 2.05) is 12.1 Å². The summed E-state index contributed by atoms with van der Waals surface area (Å²) in [5.41, 5.74) is 7.26. The number of benzene rings is 1. The van der Waals surface area contributed by atoms with Crippen molar-refractivity contribution in [3.05, 3.63) is 46.0 Å². The van der Waals surface area contributed by atoms with E-state index in [2.05, 4.69) is 38.2 Å². The summed E-state index contributed by atoms with van der Waals surface area (Å²) in [5.74, 6) is 1.32. The van der Waals surface area contributed by atoms with Crippen LogP contribution in [0.1, 0.15) is 55.8 Å².